The molecule has 2 aromatic heterocycles. The van der Waals surface area contributed by atoms with Gasteiger partial charge in [-0.1, -0.05) is 13.8 Å². The lowest BCUT2D eigenvalue weighted by molar-refractivity contribution is -0.116. The molecule has 0 saturated carbocycles. The van der Waals surface area contributed by atoms with E-state index in [0.717, 1.165) is 23.1 Å². The molecule has 5 heteroatoms. The van der Waals surface area contributed by atoms with Crippen LogP contribution in [-0.4, -0.2) is 48.0 Å². The van der Waals surface area contributed by atoms with E-state index >= 15 is 0 Å². The molecule has 5 nitrogen and oxygen atoms in total. The van der Waals surface area contributed by atoms with Gasteiger partial charge in [-0.15, -0.1) is 0 Å². The highest BCUT2D eigenvalue weighted by atomic mass is 16.1. The van der Waals surface area contributed by atoms with Crippen molar-refractivity contribution < 1.29 is 4.79 Å². The number of rotatable bonds is 6. The number of fused-ring (bicyclic) bond motifs is 1. The molecule has 0 aliphatic rings. The molecule has 0 aliphatic heterocycles. The van der Waals surface area contributed by atoms with Crippen LogP contribution in [0.25, 0.3) is 17.1 Å². The molecule has 22 heavy (non-hydrogen) atoms. The Bertz CT molecular complexity index is 670. The maximum Gasteiger partial charge on any atom is 0.244 e. The molecule has 2 N–H and O–H groups in total. The van der Waals surface area contributed by atoms with Crippen LogP contribution in [0.2, 0.25) is 0 Å². The number of aromatic nitrogens is 2. The summed E-state index contributed by atoms with van der Waals surface area (Å²) in [6.07, 6.45) is 6.99. The van der Waals surface area contributed by atoms with E-state index in [4.69, 9.17) is 0 Å². The third-order valence-electron chi connectivity index (χ3n) is 3.38. The topological polar surface area (TPSA) is 61.0 Å². The maximum absolute atomic E-state index is 12.0. The molecule has 0 bridgehead atoms. The number of carbonyl (C=O) groups is 1. The highest BCUT2D eigenvalue weighted by Crippen LogP contribution is 2.17. The summed E-state index contributed by atoms with van der Waals surface area (Å²) in [7, 11) is 4.07. The van der Waals surface area contributed by atoms with E-state index in [1.165, 1.54) is 0 Å². The fourth-order valence-electron chi connectivity index (χ4n) is 2.58. The Morgan fingerprint density at radius 1 is 1.45 bits per heavy atom. The summed E-state index contributed by atoms with van der Waals surface area (Å²) in [6, 6.07) is 3.87. The molecule has 0 fully saturated rings. The first kappa shape index (κ1) is 16.2. The molecular weight excluding hydrogens is 276 g/mol. The third-order valence-corrected chi connectivity index (χ3v) is 3.38. The highest BCUT2D eigenvalue weighted by molar-refractivity contribution is 5.95. The summed E-state index contributed by atoms with van der Waals surface area (Å²) >= 11 is 0. The number of aromatic amines is 1. The van der Waals surface area contributed by atoms with Gasteiger partial charge in [-0.25, -0.2) is 4.98 Å². The van der Waals surface area contributed by atoms with Crippen molar-refractivity contribution in [1.82, 2.24) is 20.2 Å². The van der Waals surface area contributed by atoms with Crippen LogP contribution in [-0.2, 0) is 4.79 Å². The second-order valence-corrected chi connectivity index (χ2v) is 6.60. The van der Waals surface area contributed by atoms with E-state index in [-0.39, 0.29) is 11.3 Å². The van der Waals surface area contributed by atoms with E-state index in [1.807, 2.05) is 38.5 Å². The standard InChI is InChI=1S/C17H24N4O/c1-17(2,12-21(3)4)11-20-15(22)8-7-13-10-19-16-14(13)6-5-9-18-16/h5-10H,11-12H2,1-4H3,(H,18,19)(H,20,22)/b8-7+. The van der Waals surface area contributed by atoms with Gasteiger partial charge in [0, 0.05) is 42.5 Å². The predicted molar refractivity (Wildman–Crippen MR) is 90.5 cm³/mol. The van der Waals surface area contributed by atoms with Crippen LogP contribution in [0.3, 0.4) is 0 Å². The number of nitrogens with one attached hydrogen (secondary N) is 2. The van der Waals surface area contributed by atoms with E-state index in [0.29, 0.717) is 6.54 Å². The van der Waals surface area contributed by atoms with Gasteiger partial charge in [0.25, 0.3) is 0 Å². The molecule has 1 amide bonds. The van der Waals surface area contributed by atoms with Gasteiger partial charge in [-0.3, -0.25) is 4.79 Å². The van der Waals surface area contributed by atoms with Crippen molar-refractivity contribution in [2.24, 2.45) is 5.41 Å². The Labute approximate surface area is 131 Å². The largest absolute Gasteiger partial charge is 0.352 e. The number of hydrogen-bond donors (Lipinski definition) is 2. The summed E-state index contributed by atoms with van der Waals surface area (Å²) < 4.78 is 0. The van der Waals surface area contributed by atoms with E-state index in [2.05, 4.69) is 34.0 Å². The molecule has 2 aromatic rings. The monoisotopic (exact) mass is 300 g/mol. The Balaban J connectivity index is 1.94. The van der Waals surface area contributed by atoms with E-state index in [9.17, 15) is 4.79 Å². The molecule has 0 spiro atoms. The second-order valence-electron chi connectivity index (χ2n) is 6.60. The Morgan fingerprint density at radius 3 is 2.95 bits per heavy atom. The van der Waals surface area contributed by atoms with Crippen molar-refractivity contribution in [3.63, 3.8) is 0 Å². The number of H-pyrrole nitrogens is 1. The quantitative estimate of drug-likeness (QED) is 0.805. The molecule has 0 aliphatic carbocycles. The van der Waals surface area contributed by atoms with Crippen LogP contribution < -0.4 is 5.32 Å². The van der Waals surface area contributed by atoms with Gasteiger partial charge in [0.15, 0.2) is 0 Å². The van der Waals surface area contributed by atoms with Crippen LogP contribution in [0.5, 0.6) is 0 Å². The molecular formula is C17H24N4O. The summed E-state index contributed by atoms with van der Waals surface area (Å²) in [6.45, 7) is 5.85. The van der Waals surface area contributed by atoms with Crippen molar-refractivity contribution in [3.05, 3.63) is 36.2 Å². The van der Waals surface area contributed by atoms with Gasteiger partial charge in [-0.05, 0) is 37.7 Å². The molecule has 0 radical (unpaired) electrons. The van der Waals surface area contributed by atoms with Gasteiger partial charge in [0.05, 0.1) is 0 Å². The lowest BCUT2D eigenvalue weighted by Crippen LogP contribution is -2.39. The van der Waals surface area contributed by atoms with Crippen LogP contribution in [0.1, 0.15) is 19.4 Å². The van der Waals surface area contributed by atoms with Crippen molar-refractivity contribution in [2.45, 2.75) is 13.8 Å². The third kappa shape index (κ3) is 4.43. The minimum atomic E-state index is -0.0786. The van der Waals surface area contributed by atoms with Crippen LogP contribution in [0.4, 0.5) is 0 Å². The minimum Gasteiger partial charge on any atom is -0.352 e. The summed E-state index contributed by atoms with van der Waals surface area (Å²) in [5, 5.41) is 3.97. The van der Waals surface area contributed by atoms with Crippen molar-refractivity contribution >= 4 is 23.0 Å². The van der Waals surface area contributed by atoms with E-state index in [1.54, 1.807) is 12.3 Å². The number of pyridine rings is 1. The Hall–Kier alpha value is -2.14. The zero-order valence-electron chi connectivity index (χ0n) is 13.7. The minimum absolute atomic E-state index is 0.0394. The molecule has 0 aromatic carbocycles. The Morgan fingerprint density at radius 2 is 2.23 bits per heavy atom. The molecule has 2 heterocycles. The van der Waals surface area contributed by atoms with Crippen LogP contribution >= 0.6 is 0 Å². The first-order valence-corrected chi connectivity index (χ1v) is 7.40. The first-order chi connectivity index (χ1) is 10.4. The molecule has 0 atom stereocenters. The molecule has 0 unspecified atom stereocenters. The molecule has 0 saturated heterocycles. The lowest BCUT2D eigenvalue weighted by atomic mass is 9.93. The molecule has 118 valence electrons. The van der Waals surface area contributed by atoms with Crippen molar-refractivity contribution in [2.75, 3.05) is 27.2 Å². The molecule has 2 rings (SSSR count). The first-order valence-electron chi connectivity index (χ1n) is 7.40. The van der Waals surface area contributed by atoms with Crippen LogP contribution in [0.15, 0.2) is 30.6 Å². The van der Waals surface area contributed by atoms with Gasteiger partial charge >= 0.3 is 0 Å². The van der Waals surface area contributed by atoms with E-state index < -0.39 is 0 Å². The second kappa shape index (κ2) is 6.75. The number of amides is 1. The van der Waals surface area contributed by atoms with Crippen LogP contribution in [0, 0.1) is 5.41 Å². The lowest BCUT2D eigenvalue weighted by Gasteiger charge is -2.28. The van der Waals surface area contributed by atoms with Crippen molar-refractivity contribution in [3.8, 4) is 0 Å². The van der Waals surface area contributed by atoms with Gasteiger partial charge in [0.1, 0.15) is 5.65 Å². The van der Waals surface area contributed by atoms with Gasteiger partial charge in [-0.2, -0.15) is 0 Å². The highest BCUT2D eigenvalue weighted by Gasteiger charge is 2.19. The summed E-state index contributed by atoms with van der Waals surface area (Å²) in [4.78, 5) is 21.4. The fraction of sp³-hybridized carbons (Fsp3) is 0.412. The number of carbonyl (C=O) groups excluding carboxylic acids is 1. The summed E-state index contributed by atoms with van der Waals surface area (Å²) in [5.74, 6) is -0.0786. The fourth-order valence-corrected chi connectivity index (χ4v) is 2.58. The smallest absolute Gasteiger partial charge is 0.244 e. The zero-order valence-corrected chi connectivity index (χ0v) is 13.7. The SMILES string of the molecule is CN(C)CC(C)(C)CNC(=O)/C=C/c1c[nH]c2ncccc12. The Kier molecular flexibility index (Phi) is 4.98. The maximum atomic E-state index is 12.0. The average molecular weight is 300 g/mol. The van der Waals surface area contributed by atoms with Gasteiger partial charge < -0.3 is 15.2 Å². The van der Waals surface area contributed by atoms with Gasteiger partial charge in [0.2, 0.25) is 5.91 Å². The normalized spacial score (nSPS) is 12.4. The predicted octanol–water partition coefficient (Wildman–Crippen LogP) is 2.28. The average Bonchev–Trinajstić information content (AvgIpc) is 2.85. The van der Waals surface area contributed by atoms with Crippen molar-refractivity contribution in [1.29, 1.82) is 0 Å². The zero-order chi connectivity index (χ0) is 16.2. The summed E-state index contributed by atoms with van der Waals surface area (Å²) in [5.41, 5.74) is 1.83. The number of nitrogens with zero attached hydrogens (tertiary/aromatic N) is 2. The number of hydrogen-bond acceptors (Lipinski definition) is 3.